The fourth-order valence-corrected chi connectivity index (χ4v) is 5.86. The van der Waals surface area contributed by atoms with E-state index in [1.165, 1.54) is 0 Å². The molecule has 0 bridgehead atoms. The van der Waals surface area contributed by atoms with Crippen LogP contribution in [0.2, 0.25) is 0 Å². The first-order chi connectivity index (χ1) is 16.3. The summed E-state index contributed by atoms with van der Waals surface area (Å²) < 4.78 is 30.7. The van der Waals surface area contributed by atoms with Crippen LogP contribution in [-0.4, -0.2) is 72.7 Å². The molecule has 7 nitrogen and oxygen atoms in total. The van der Waals surface area contributed by atoms with Gasteiger partial charge in [0.25, 0.3) is 0 Å². The molecule has 2 aliphatic heterocycles. The highest BCUT2D eigenvalue weighted by molar-refractivity contribution is 7.92. The standard InChI is InChI=1S/C26H35N3O4S/c1-20(2)34(31,32)25-5-3-21(4-6-25)19-26(30)29-15-9-22(10-16-29)28-17-11-24(12-18-28)33-23-7-13-27-14-8-23/h3-8,13-14,20,22,24H,9-12,15-19H2,1-2H3. The van der Waals surface area contributed by atoms with Crippen LogP contribution >= 0.6 is 0 Å². The molecule has 2 aromatic rings. The number of sulfone groups is 1. The molecule has 8 heteroatoms. The first kappa shape index (κ1) is 24.7. The van der Waals surface area contributed by atoms with Gasteiger partial charge in [0.15, 0.2) is 9.84 Å². The zero-order valence-electron chi connectivity index (χ0n) is 20.1. The van der Waals surface area contributed by atoms with Gasteiger partial charge in [0.05, 0.1) is 16.6 Å². The van der Waals surface area contributed by atoms with Gasteiger partial charge in [-0.05, 0) is 69.4 Å². The molecule has 34 heavy (non-hydrogen) atoms. The molecule has 3 heterocycles. The summed E-state index contributed by atoms with van der Waals surface area (Å²) in [4.78, 5) is 21.7. The zero-order chi connectivity index (χ0) is 24.1. The number of likely N-dealkylation sites (tertiary alicyclic amines) is 2. The highest BCUT2D eigenvalue weighted by atomic mass is 32.2. The Labute approximate surface area is 203 Å². The lowest BCUT2D eigenvalue weighted by molar-refractivity contribution is -0.132. The molecule has 0 radical (unpaired) electrons. The minimum absolute atomic E-state index is 0.113. The number of piperidine rings is 2. The molecular formula is C26H35N3O4S. The number of aromatic nitrogens is 1. The van der Waals surface area contributed by atoms with Crippen molar-refractivity contribution in [1.82, 2.24) is 14.8 Å². The van der Waals surface area contributed by atoms with Crippen molar-refractivity contribution in [3.63, 3.8) is 0 Å². The predicted molar refractivity (Wildman–Crippen MR) is 132 cm³/mol. The van der Waals surface area contributed by atoms with E-state index in [9.17, 15) is 13.2 Å². The molecule has 0 saturated carbocycles. The second-order valence-electron chi connectivity index (χ2n) is 9.56. The predicted octanol–water partition coefficient (Wildman–Crippen LogP) is 3.34. The van der Waals surface area contributed by atoms with E-state index >= 15 is 0 Å². The van der Waals surface area contributed by atoms with Gasteiger partial charge in [-0.1, -0.05) is 12.1 Å². The minimum Gasteiger partial charge on any atom is -0.490 e. The Morgan fingerprint density at radius 1 is 0.971 bits per heavy atom. The van der Waals surface area contributed by atoms with Crippen molar-refractivity contribution in [2.45, 2.75) is 68.2 Å². The van der Waals surface area contributed by atoms with E-state index in [1.807, 2.05) is 17.0 Å². The van der Waals surface area contributed by atoms with Gasteiger partial charge in [-0.15, -0.1) is 0 Å². The lowest BCUT2D eigenvalue weighted by Crippen LogP contribution is -2.50. The highest BCUT2D eigenvalue weighted by Crippen LogP contribution is 2.24. The fraction of sp³-hybridized carbons (Fsp3) is 0.538. The molecule has 0 atom stereocenters. The molecule has 0 aliphatic carbocycles. The van der Waals surface area contributed by atoms with E-state index in [4.69, 9.17) is 4.74 Å². The third-order valence-corrected chi connectivity index (χ3v) is 9.16. The van der Waals surface area contributed by atoms with Gasteiger partial charge in [0, 0.05) is 44.6 Å². The number of benzene rings is 1. The number of ether oxygens (including phenoxy) is 1. The van der Waals surface area contributed by atoms with Gasteiger partial charge >= 0.3 is 0 Å². The number of amides is 1. The third kappa shape index (κ3) is 5.96. The van der Waals surface area contributed by atoms with Crippen molar-refractivity contribution >= 4 is 15.7 Å². The average molecular weight is 486 g/mol. The lowest BCUT2D eigenvalue weighted by Gasteiger charge is -2.41. The molecule has 0 unspecified atom stereocenters. The monoisotopic (exact) mass is 485 g/mol. The van der Waals surface area contributed by atoms with E-state index in [0.717, 1.165) is 63.2 Å². The Balaban J connectivity index is 1.21. The summed E-state index contributed by atoms with van der Waals surface area (Å²) in [6.45, 7) is 6.96. The Kier molecular flexibility index (Phi) is 7.88. The topological polar surface area (TPSA) is 79.8 Å². The Morgan fingerprint density at radius 3 is 2.18 bits per heavy atom. The average Bonchev–Trinajstić information content (AvgIpc) is 2.85. The Hall–Kier alpha value is -2.45. The Bertz CT molecular complexity index is 1040. The van der Waals surface area contributed by atoms with Gasteiger partial charge < -0.3 is 9.64 Å². The normalized spacial score (nSPS) is 18.9. The maximum atomic E-state index is 12.8. The number of carbonyl (C=O) groups excluding carboxylic acids is 1. The van der Waals surface area contributed by atoms with Crippen LogP contribution in [0.3, 0.4) is 0 Å². The van der Waals surface area contributed by atoms with E-state index in [-0.39, 0.29) is 12.0 Å². The molecular weight excluding hydrogens is 450 g/mol. The molecule has 2 saturated heterocycles. The molecule has 0 spiro atoms. The molecule has 0 N–H and O–H groups in total. The zero-order valence-corrected chi connectivity index (χ0v) is 20.9. The summed E-state index contributed by atoms with van der Waals surface area (Å²) in [5, 5.41) is -0.457. The minimum atomic E-state index is -3.29. The van der Waals surface area contributed by atoms with E-state index in [2.05, 4.69) is 9.88 Å². The second-order valence-corrected chi connectivity index (χ2v) is 12.1. The molecule has 184 valence electrons. The van der Waals surface area contributed by atoms with Crippen molar-refractivity contribution in [1.29, 1.82) is 0 Å². The summed E-state index contributed by atoms with van der Waals surface area (Å²) >= 11 is 0. The van der Waals surface area contributed by atoms with Crippen molar-refractivity contribution in [2.75, 3.05) is 26.2 Å². The maximum absolute atomic E-state index is 12.8. The van der Waals surface area contributed by atoms with Gasteiger partial charge in [0.1, 0.15) is 11.9 Å². The third-order valence-electron chi connectivity index (χ3n) is 6.99. The molecule has 1 aromatic carbocycles. The quantitative estimate of drug-likeness (QED) is 0.599. The van der Waals surface area contributed by atoms with Crippen LogP contribution in [0, 0.1) is 0 Å². The van der Waals surface area contributed by atoms with Crippen molar-refractivity contribution in [2.24, 2.45) is 0 Å². The summed E-state index contributed by atoms with van der Waals surface area (Å²) in [7, 11) is -3.29. The number of nitrogens with zero attached hydrogens (tertiary/aromatic N) is 3. The summed E-state index contributed by atoms with van der Waals surface area (Å²) in [5.41, 5.74) is 0.853. The molecule has 2 fully saturated rings. The van der Waals surface area contributed by atoms with Gasteiger partial charge in [-0.25, -0.2) is 8.42 Å². The van der Waals surface area contributed by atoms with Crippen molar-refractivity contribution in [3.05, 3.63) is 54.4 Å². The second kappa shape index (κ2) is 10.9. The smallest absolute Gasteiger partial charge is 0.226 e. The first-order valence-electron chi connectivity index (χ1n) is 12.2. The van der Waals surface area contributed by atoms with E-state index < -0.39 is 15.1 Å². The number of rotatable bonds is 7. The fourth-order valence-electron chi connectivity index (χ4n) is 4.80. The first-order valence-corrected chi connectivity index (χ1v) is 13.8. The maximum Gasteiger partial charge on any atom is 0.226 e. The van der Waals surface area contributed by atoms with E-state index in [1.54, 1.807) is 50.5 Å². The number of hydrogen-bond donors (Lipinski definition) is 0. The lowest BCUT2D eigenvalue weighted by atomic mass is 9.98. The van der Waals surface area contributed by atoms with Crippen LogP contribution < -0.4 is 4.74 Å². The van der Waals surface area contributed by atoms with Crippen LogP contribution in [0.4, 0.5) is 0 Å². The molecule has 1 aromatic heterocycles. The van der Waals surface area contributed by atoms with Crippen molar-refractivity contribution in [3.8, 4) is 5.75 Å². The van der Waals surface area contributed by atoms with E-state index in [0.29, 0.717) is 17.4 Å². The van der Waals surface area contributed by atoms with Crippen LogP contribution in [0.25, 0.3) is 0 Å². The SMILES string of the molecule is CC(C)S(=O)(=O)c1ccc(CC(=O)N2CCC(N3CCC(Oc4ccncc4)CC3)CC2)cc1. The molecule has 1 amide bonds. The van der Waals surface area contributed by atoms with Crippen LogP contribution in [0.5, 0.6) is 5.75 Å². The highest BCUT2D eigenvalue weighted by Gasteiger charge is 2.30. The largest absolute Gasteiger partial charge is 0.490 e. The number of carbonyl (C=O) groups is 1. The number of hydrogen-bond acceptors (Lipinski definition) is 6. The summed E-state index contributed by atoms with van der Waals surface area (Å²) in [6, 6.07) is 11.1. The van der Waals surface area contributed by atoms with Gasteiger partial charge in [-0.3, -0.25) is 14.7 Å². The Morgan fingerprint density at radius 2 is 1.59 bits per heavy atom. The summed E-state index contributed by atoms with van der Waals surface area (Å²) in [6.07, 6.45) is 8.10. The van der Waals surface area contributed by atoms with Crippen LogP contribution in [0.1, 0.15) is 45.1 Å². The van der Waals surface area contributed by atoms with Crippen LogP contribution in [0.15, 0.2) is 53.7 Å². The molecule has 2 aliphatic rings. The number of pyridine rings is 1. The molecule has 4 rings (SSSR count). The summed E-state index contributed by atoms with van der Waals surface area (Å²) in [5.74, 6) is 0.999. The van der Waals surface area contributed by atoms with Crippen LogP contribution in [-0.2, 0) is 21.1 Å². The van der Waals surface area contributed by atoms with Gasteiger partial charge in [-0.2, -0.15) is 0 Å². The van der Waals surface area contributed by atoms with Gasteiger partial charge in [0.2, 0.25) is 5.91 Å². The van der Waals surface area contributed by atoms with Crippen molar-refractivity contribution < 1.29 is 17.9 Å².